The Morgan fingerprint density at radius 2 is 1.44 bits per heavy atom. The predicted octanol–water partition coefficient (Wildman–Crippen LogP) is 10.3. The fourth-order valence-corrected chi connectivity index (χ4v) is 6.94. The van der Waals surface area contributed by atoms with E-state index in [1.165, 1.54) is 38.5 Å². The summed E-state index contributed by atoms with van der Waals surface area (Å²) in [6.07, 6.45) is 13.3. The lowest BCUT2D eigenvalue weighted by molar-refractivity contribution is 0.189. The largest absolute Gasteiger partial charge is 0.368 e. The first-order valence-corrected chi connectivity index (χ1v) is 14.7. The molecule has 1 saturated carbocycles. The van der Waals surface area contributed by atoms with Crippen molar-refractivity contribution < 1.29 is 17.9 Å². The predicted molar refractivity (Wildman–Crippen MR) is 152 cm³/mol. The summed E-state index contributed by atoms with van der Waals surface area (Å²) in [4.78, 5) is 0. The Morgan fingerprint density at radius 1 is 0.744 bits per heavy atom. The molecule has 1 saturated heterocycles. The van der Waals surface area contributed by atoms with Crippen LogP contribution in [0.15, 0.2) is 60.7 Å². The van der Waals surface area contributed by atoms with E-state index >= 15 is 4.39 Å². The molecule has 0 N–H and O–H groups in total. The summed E-state index contributed by atoms with van der Waals surface area (Å²) < 4.78 is 49.6. The van der Waals surface area contributed by atoms with E-state index in [4.69, 9.17) is 4.74 Å². The van der Waals surface area contributed by atoms with Crippen molar-refractivity contribution in [1.82, 2.24) is 0 Å². The lowest BCUT2D eigenvalue weighted by atomic mass is 9.70. The van der Waals surface area contributed by atoms with Gasteiger partial charge in [-0.05, 0) is 78.2 Å². The molecule has 0 aromatic heterocycles. The number of hydrogen-bond donors (Lipinski definition) is 0. The molecule has 2 unspecified atom stereocenters. The molecule has 39 heavy (non-hydrogen) atoms. The number of ether oxygens (including phenoxy) is 1. The summed E-state index contributed by atoms with van der Waals surface area (Å²) in [5.74, 6) is 0.600. The molecule has 3 aromatic rings. The molecule has 2 atom stereocenters. The van der Waals surface area contributed by atoms with Gasteiger partial charge in [0.2, 0.25) is 0 Å². The van der Waals surface area contributed by atoms with Crippen molar-refractivity contribution in [2.24, 2.45) is 17.8 Å². The second-order valence-corrected chi connectivity index (χ2v) is 11.8. The molecule has 3 aliphatic rings. The molecule has 3 aromatic carbocycles. The molecular formula is C35H37F3O. The van der Waals surface area contributed by atoms with Crippen molar-refractivity contribution in [3.8, 4) is 22.3 Å². The van der Waals surface area contributed by atoms with Crippen LogP contribution in [0.5, 0.6) is 0 Å². The van der Waals surface area contributed by atoms with Crippen LogP contribution in [0, 0.1) is 35.2 Å². The Hall–Kier alpha value is -2.85. The van der Waals surface area contributed by atoms with Crippen molar-refractivity contribution in [2.75, 3.05) is 6.61 Å². The third-order valence-electron chi connectivity index (χ3n) is 9.34. The van der Waals surface area contributed by atoms with Crippen LogP contribution in [0.3, 0.4) is 0 Å². The Balaban J connectivity index is 1.12. The van der Waals surface area contributed by atoms with Crippen LogP contribution in [0.4, 0.5) is 13.2 Å². The lowest BCUT2D eigenvalue weighted by Crippen LogP contribution is -2.23. The molecule has 204 valence electrons. The van der Waals surface area contributed by atoms with Crippen LogP contribution in [0.1, 0.15) is 81.9 Å². The average Bonchev–Trinajstić information content (AvgIpc) is 3.81. The van der Waals surface area contributed by atoms with Gasteiger partial charge in [0.15, 0.2) is 11.6 Å². The third kappa shape index (κ3) is 5.59. The monoisotopic (exact) mass is 530 g/mol. The normalized spacial score (nSPS) is 24.9. The maximum absolute atomic E-state index is 15.3. The Bertz CT molecular complexity index is 1350. The van der Waals surface area contributed by atoms with Gasteiger partial charge in [0, 0.05) is 16.7 Å². The van der Waals surface area contributed by atoms with Crippen molar-refractivity contribution >= 4 is 5.57 Å². The summed E-state index contributed by atoms with van der Waals surface area (Å²) >= 11 is 0. The summed E-state index contributed by atoms with van der Waals surface area (Å²) in [5, 5.41) is 0. The first-order valence-electron chi connectivity index (χ1n) is 14.7. The fraction of sp³-hybridized carbons (Fsp3) is 0.429. The van der Waals surface area contributed by atoms with Crippen LogP contribution in [0.25, 0.3) is 27.8 Å². The van der Waals surface area contributed by atoms with Crippen molar-refractivity contribution in [3.63, 3.8) is 0 Å². The minimum Gasteiger partial charge on any atom is -0.368 e. The van der Waals surface area contributed by atoms with Crippen LogP contribution in [0.2, 0.25) is 0 Å². The number of epoxide rings is 1. The standard InChI is InChI=1S/C35H37F3O/c1-2-3-22-4-6-23(7-5-22)24-8-12-26(13-9-24)29-17-16-28(20-32(29)36)25-10-14-27(15-11-25)30-18-19-31(33-21-39-33)35(38)34(30)37/h10-12,14-20,22-24,33H,2-9,13,21H2,1H3. The highest BCUT2D eigenvalue weighted by molar-refractivity contribution is 5.74. The van der Waals surface area contributed by atoms with E-state index in [9.17, 15) is 8.78 Å². The minimum atomic E-state index is -0.863. The maximum Gasteiger partial charge on any atom is 0.167 e. The summed E-state index contributed by atoms with van der Waals surface area (Å²) in [7, 11) is 0. The van der Waals surface area contributed by atoms with Crippen molar-refractivity contribution in [2.45, 2.75) is 70.8 Å². The van der Waals surface area contributed by atoms with Gasteiger partial charge in [0.1, 0.15) is 11.9 Å². The number of rotatable bonds is 7. The topological polar surface area (TPSA) is 12.5 Å². The van der Waals surface area contributed by atoms with Gasteiger partial charge >= 0.3 is 0 Å². The summed E-state index contributed by atoms with van der Waals surface area (Å²) in [6, 6.07) is 15.8. The molecular weight excluding hydrogens is 493 g/mol. The molecule has 1 heterocycles. The molecule has 2 fully saturated rings. The summed E-state index contributed by atoms with van der Waals surface area (Å²) in [5.41, 5.74) is 4.50. The maximum atomic E-state index is 15.3. The second kappa shape index (κ2) is 11.3. The molecule has 2 aliphatic carbocycles. The van der Waals surface area contributed by atoms with E-state index in [0.717, 1.165) is 53.7 Å². The van der Waals surface area contributed by atoms with Gasteiger partial charge in [0.05, 0.1) is 6.61 Å². The summed E-state index contributed by atoms with van der Waals surface area (Å²) in [6.45, 7) is 2.72. The number of halogens is 3. The number of benzene rings is 3. The molecule has 0 radical (unpaired) electrons. The molecule has 6 rings (SSSR count). The highest BCUT2D eigenvalue weighted by Gasteiger charge is 2.31. The van der Waals surface area contributed by atoms with Crippen LogP contribution < -0.4 is 0 Å². The minimum absolute atomic E-state index is 0.202. The molecule has 0 amide bonds. The van der Waals surface area contributed by atoms with E-state index in [-0.39, 0.29) is 23.0 Å². The van der Waals surface area contributed by atoms with Crippen LogP contribution >= 0.6 is 0 Å². The molecule has 4 heteroatoms. The molecule has 1 nitrogen and oxygen atoms in total. The Kier molecular flexibility index (Phi) is 7.66. The van der Waals surface area contributed by atoms with E-state index in [0.29, 0.717) is 17.7 Å². The lowest BCUT2D eigenvalue weighted by Gasteiger charge is -2.35. The molecule has 1 aliphatic heterocycles. The van der Waals surface area contributed by atoms with E-state index in [1.807, 2.05) is 24.3 Å². The van der Waals surface area contributed by atoms with Crippen LogP contribution in [-0.2, 0) is 4.74 Å². The SMILES string of the molecule is CCCC1CCC(C2CC=C(c3ccc(-c4ccc(-c5ccc(C6CO6)c(F)c5F)cc4)cc3F)CC2)CC1. The number of allylic oxidation sites excluding steroid dienone is 2. The van der Waals surface area contributed by atoms with E-state index < -0.39 is 11.6 Å². The van der Waals surface area contributed by atoms with Crippen molar-refractivity contribution in [1.29, 1.82) is 0 Å². The highest BCUT2D eigenvalue weighted by atomic mass is 19.2. The van der Waals surface area contributed by atoms with Gasteiger partial charge in [-0.3, -0.25) is 0 Å². The van der Waals surface area contributed by atoms with Crippen LogP contribution in [-0.4, -0.2) is 6.61 Å². The Labute approximate surface area is 230 Å². The zero-order chi connectivity index (χ0) is 26.9. The zero-order valence-electron chi connectivity index (χ0n) is 22.7. The third-order valence-corrected chi connectivity index (χ3v) is 9.34. The second-order valence-electron chi connectivity index (χ2n) is 11.8. The molecule has 0 bridgehead atoms. The first-order chi connectivity index (χ1) is 19.0. The van der Waals surface area contributed by atoms with Crippen molar-refractivity contribution in [3.05, 3.63) is 89.3 Å². The first kappa shape index (κ1) is 26.4. The molecule has 0 spiro atoms. The average molecular weight is 531 g/mol. The fourth-order valence-electron chi connectivity index (χ4n) is 6.94. The Morgan fingerprint density at radius 3 is 2.08 bits per heavy atom. The number of hydrogen-bond acceptors (Lipinski definition) is 1. The van der Waals surface area contributed by atoms with Gasteiger partial charge in [-0.1, -0.05) is 87.2 Å². The zero-order valence-corrected chi connectivity index (χ0v) is 22.7. The van der Waals surface area contributed by atoms with Gasteiger partial charge in [-0.25, -0.2) is 13.2 Å². The van der Waals surface area contributed by atoms with Gasteiger partial charge in [-0.2, -0.15) is 0 Å². The smallest absolute Gasteiger partial charge is 0.167 e. The highest BCUT2D eigenvalue weighted by Crippen LogP contribution is 2.43. The van der Waals surface area contributed by atoms with Gasteiger partial charge in [0.25, 0.3) is 0 Å². The quantitative estimate of drug-likeness (QED) is 0.277. The van der Waals surface area contributed by atoms with E-state index in [2.05, 4.69) is 13.0 Å². The van der Waals surface area contributed by atoms with Gasteiger partial charge in [-0.15, -0.1) is 0 Å². The van der Waals surface area contributed by atoms with E-state index in [1.54, 1.807) is 30.3 Å². The van der Waals surface area contributed by atoms with Gasteiger partial charge < -0.3 is 4.74 Å².